The first-order valence-corrected chi connectivity index (χ1v) is 48.6. The number of furan rings is 2. The number of benzene rings is 24. The van der Waals surface area contributed by atoms with Gasteiger partial charge in [0.2, 0.25) is 0 Å². The third kappa shape index (κ3) is 14.3. The summed E-state index contributed by atoms with van der Waals surface area (Å²) in [5.74, 6) is 0. The Morgan fingerprint density at radius 3 is 0.915 bits per heavy atom. The predicted molar refractivity (Wildman–Crippen MR) is 599 cm³/mol. The van der Waals surface area contributed by atoms with E-state index in [1.165, 1.54) is 115 Å². The average molecular weight is 1810 g/mol. The molecule has 4 heterocycles. The van der Waals surface area contributed by atoms with Crippen molar-refractivity contribution in [2.45, 2.75) is 0 Å². The summed E-state index contributed by atoms with van der Waals surface area (Å²) in [6.07, 6.45) is 0. The summed E-state index contributed by atoms with van der Waals surface area (Å²) in [5.41, 5.74) is 35.2. The molecule has 0 amide bonds. The van der Waals surface area contributed by atoms with E-state index in [1.807, 2.05) is 24.3 Å². The van der Waals surface area contributed by atoms with E-state index in [1.54, 1.807) is 0 Å². The zero-order valence-electron chi connectivity index (χ0n) is 77.4. The summed E-state index contributed by atoms with van der Waals surface area (Å²) in [6, 6.07) is 194. The van der Waals surface area contributed by atoms with E-state index in [0.29, 0.717) is 0 Å². The average Bonchev–Trinajstić information content (AvgIpc) is 1.57. The Labute approximate surface area is 820 Å². The van der Waals surface area contributed by atoms with Crippen LogP contribution in [0.3, 0.4) is 0 Å². The van der Waals surface area contributed by atoms with Gasteiger partial charge >= 0.3 is 0 Å². The van der Waals surface area contributed by atoms with Crippen molar-refractivity contribution in [3.8, 4) is 100 Å². The normalized spacial score (nSPS) is 11.7. The lowest BCUT2D eigenvalue weighted by Crippen LogP contribution is -2.11. The number of nitrogens with zero attached hydrogens (tertiary/aromatic N) is 4. The molecule has 4 aromatic heterocycles. The third-order valence-corrected chi connectivity index (χ3v) is 28.8. The molecule has 0 aliphatic heterocycles. The van der Waals surface area contributed by atoms with Gasteiger partial charge in [0.15, 0.2) is 0 Å². The lowest BCUT2D eigenvalue weighted by atomic mass is 9.93. The molecular weight excluding hydrogens is 1720 g/mol. The monoisotopic (exact) mass is 1810 g/mol. The second-order valence-electron chi connectivity index (χ2n) is 36.8. The van der Waals surface area contributed by atoms with Crippen LogP contribution in [0.4, 0.5) is 34.1 Å². The number of hydrogen-bond acceptors (Lipinski definition) is 4. The summed E-state index contributed by atoms with van der Waals surface area (Å²) in [5, 5.41) is 19.5. The SMILES string of the molecule is c1cc(-c2ccc3c(ccc4ccccc43)c2)cc(N(c2ccc(-c3cccc4c3oc3ccccc34)cc2)c2cccc(-c3ccccc3-c3ccccc3-n3c4ccccc4c4ccccc43)c2)c1.c1cc(-c2ccccc2-c2ccccc2-n2c3ccccc3c3ccccc32)cc(N(c2ccc(-c3cccc4c3oc3ccccc34)cc2)c2ccccc2-c2ccc3c(ccc4ccccc43)c2)c1. The number of para-hydroxylation sites is 11. The van der Waals surface area contributed by atoms with Crippen LogP contribution < -0.4 is 9.80 Å². The molecule has 0 N–H and O–H groups in total. The lowest BCUT2D eigenvalue weighted by molar-refractivity contribution is 0.669. The molecule has 6 nitrogen and oxygen atoms in total. The molecule has 0 aliphatic rings. The molecule has 0 saturated heterocycles. The molecule has 0 saturated carbocycles. The minimum Gasteiger partial charge on any atom is -0.455 e. The van der Waals surface area contributed by atoms with Crippen LogP contribution in [0, 0.1) is 0 Å². The first-order valence-electron chi connectivity index (χ1n) is 48.6. The van der Waals surface area contributed by atoms with Crippen molar-refractivity contribution in [2.24, 2.45) is 0 Å². The van der Waals surface area contributed by atoms with Crippen LogP contribution >= 0.6 is 0 Å². The van der Waals surface area contributed by atoms with Gasteiger partial charge in [0.1, 0.15) is 22.3 Å². The Kier molecular flexibility index (Phi) is 20.2. The molecule has 664 valence electrons. The third-order valence-electron chi connectivity index (χ3n) is 28.8. The molecule has 0 fully saturated rings. The molecule has 0 aliphatic carbocycles. The Morgan fingerprint density at radius 2 is 0.444 bits per heavy atom. The van der Waals surface area contributed by atoms with Gasteiger partial charge in [-0.2, -0.15) is 0 Å². The van der Waals surface area contributed by atoms with Crippen LogP contribution in [0.15, 0.2) is 543 Å². The Hall–Kier alpha value is -18.9. The fraction of sp³-hybridized carbons (Fsp3) is 0. The highest BCUT2D eigenvalue weighted by Gasteiger charge is 2.26. The molecule has 6 heteroatoms. The van der Waals surface area contributed by atoms with Gasteiger partial charge in [-0.1, -0.05) is 406 Å². The Balaban J connectivity index is 0.000000142. The van der Waals surface area contributed by atoms with Gasteiger partial charge in [0.05, 0.1) is 39.1 Å². The minimum absolute atomic E-state index is 0.896. The first kappa shape index (κ1) is 82.6. The molecule has 0 bridgehead atoms. The molecule has 0 atom stereocenters. The molecule has 0 radical (unpaired) electrons. The fourth-order valence-electron chi connectivity index (χ4n) is 22.2. The Morgan fingerprint density at radius 1 is 0.148 bits per heavy atom. The van der Waals surface area contributed by atoms with Crippen molar-refractivity contribution in [1.82, 2.24) is 9.13 Å². The van der Waals surface area contributed by atoms with Crippen molar-refractivity contribution in [3.63, 3.8) is 0 Å². The minimum atomic E-state index is 0.896. The summed E-state index contributed by atoms with van der Waals surface area (Å²) in [7, 11) is 0. The maximum Gasteiger partial charge on any atom is 0.143 e. The van der Waals surface area contributed by atoms with Gasteiger partial charge in [0.25, 0.3) is 0 Å². The summed E-state index contributed by atoms with van der Waals surface area (Å²) in [6.45, 7) is 0. The van der Waals surface area contributed by atoms with Crippen molar-refractivity contribution in [2.75, 3.05) is 9.80 Å². The van der Waals surface area contributed by atoms with E-state index in [-0.39, 0.29) is 0 Å². The van der Waals surface area contributed by atoms with Crippen LogP contribution in [-0.2, 0) is 0 Å². The number of rotatable bonds is 16. The molecule has 0 unspecified atom stereocenters. The van der Waals surface area contributed by atoms with Gasteiger partial charge in [-0.05, 0) is 232 Å². The van der Waals surface area contributed by atoms with Crippen LogP contribution in [0.25, 0.3) is 231 Å². The molecule has 24 aromatic carbocycles. The van der Waals surface area contributed by atoms with E-state index < -0.39 is 0 Å². The summed E-state index contributed by atoms with van der Waals surface area (Å²) in [4.78, 5) is 4.81. The van der Waals surface area contributed by atoms with Gasteiger partial charge in [-0.25, -0.2) is 0 Å². The standard InChI is InChI=1S/2C68H44N2O/c1-2-20-52-45(17-1)35-36-48-43-49(39-42-54(48)52)55-22-5-10-30-63(55)69(50-40-37-46(38-41-50)56-28-16-29-62-61-27-9-14-34-67(61)71-68(56)62)51-19-15-18-47(44-51)53-21-3-4-23-57(53)58-24-6-11-31-64(58)70-65-32-12-7-25-59(65)60-26-8-13-33-66(60)70;1-2-21-54-45(16-1)34-35-50-42-48(38-41-56(50)54)47-17-13-19-52(43-47)69(51-39-36-46(37-40-51)57-28-15-29-63-62-27-8-12-33-67(62)71-68(57)63)53-20-14-18-49(44-53)55-22-3-4-23-58(55)59-24-5-9-30-64(59)70-65-31-10-6-25-60(65)61-26-7-11-32-66(61)70/h2*1-44H. The van der Waals surface area contributed by atoms with Crippen molar-refractivity contribution in [3.05, 3.63) is 534 Å². The number of hydrogen-bond donors (Lipinski definition) is 0. The molecule has 142 heavy (non-hydrogen) atoms. The quantitative estimate of drug-likeness (QED) is 0.0904. The highest BCUT2D eigenvalue weighted by Crippen LogP contribution is 2.50. The first-order chi connectivity index (χ1) is 70.4. The second kappa shape index (κ2) is 34.7. The van der Waals surface area contributed by atoms with Crippen LogP contribution in [0.1, 0.15) is 0 Å². The predicted octanol–water partition coefficient (Wildman–Crippen LogP) is 38.3. The summed E-state index contributed by atoms with van der Waals surface area (Å²) >= 11 is 0. The van der Waals surface area contributed by atoms with Crippen molar-refractivity contribution < 1.29 is 8.83 Å². The maximum absolute atomic E-state index is 6.52. The van der Waals surface area contributed by atoms with Gasteiger partial charge in [-0.15, -0.1) is 0 Å². The largest absolute Gasteiger partial charge is 0.455 e. The zero-order chi connectivity index (χ0) is 93.7. The molecule has 0 spiro atoms. The summed E-state index contributed by atoms with van der Waals surface area (Å²) < 4.78 is 17.9. The highest BCUT2D eigenvalue weighted by atomic mass is 16.3. The lowest BCUT2D eigenvalue weighted by Gasteiger charge is -2.29. The van der Waals surface area contributed by atoms with E-state index >= 15 is 0 Å². The number of aromatic nitrogens is 2. The maximum atomic E-state index is 6.52. The van der Waals surface area contributed by atoms with Gasteiger partial charge in [0, 0.05) is 99.3 Å². The molecular formula is C136H88N4O2. The fourth-order valence-corrected chi connectivity index (χ4v) is 22.2. The number of anilines is 6. The van der Waals surface area contributed by atoms with Gasteiger partial charge in [-0.3, -0.25) is 0 Å². The zero-order valence-corrected chi connectivity index (χ0v) is 77.4. The van der Waals surface area contributed by atoms with E-state index in [9.17, 15) is 0 Å². The van der Waals surface area contributed by atoms with E-state index in [2.05, 4.69) is 529 Å². The molecule has 28 rings (SSSR count). The van der Waals surface area contributed by atoms with Crippen LogP contribution in [0.5, 0.6) is 0 Å². The Bertz CT molecular complexity index is 9750. The van der Waals surface area contributed by atoms with Crippen molar-refractivity contribution >= 4 is 165 Å². The second-order valence-corrected chi connectivity index (χ2v) is 36.8. The topological polar surface area (TPSA) is 42.6 Å². The number of fused-ring (bicyclic) bond motifs is 18. The molecule has 28 aromatic rings. The highest BCUT2D eigenvalue weighted by molar-refractivity contribution is 6.16. The van der Waals surface area contributed by atoms with E-state index in [4.69, 9.17) is 8.83 Å². The van der Waals surface area contributed by atoms with E-state index in [0.717, 1.165) is 151 Å². The smallest absolute Gasteiger partial charge is 0.143 e. The van der Waals surface area contributed by atoms with Crippen LogP contribution in [-0.4, -0.2) is 9.13 Å². The van der Waals surface area contributed by atoms with Crippen LogP contribution in [0.2, 0.25) is 0 Å². The van der Waals surface area contributed by atoms with Gasteiger partial charge < -0.3 is 27.8 Å². The van der Waals surface area contributed by atoms with Crippen molar-refractivity contribution in [1.29, 1.82) is 0 Å².